The highest BCUT2D eigenvalue weighted by Crippen LogP contribution is 2.09. The van der Waals surface area contributed by atoms with Gasteiger partial charge in [0.1, 0.15) is 6.61 Å². The fourth-order valence-electron chi connectivity index (χ4n) is 1.08. The van der Waals surface area contributed by atoms with Gasteiger partial charge in [-0.05, 0) is 0 Å². The van der Waals surface area contributed by atoms with Crippen molar-refractivity contribution < 1.29 is 38.1 Å². The average molecular weight is 276 g/mol. The van der Waals surface area contributed by atoms with Gasteiger partial charge in [-0.25, -0.2) is 0 Å². The van der Waals surface area contributed by atoms with Gasteiger partial charge in [-0.2, -0.15) is 0 Å². The van der Waals surface area contributed by atoms with Crippen molar-refractivity contribution in [1.29, 1.82) is 0 Å². The Morgan fingerprint density at radius 1 is 0.737 bits per heavy atom. The van der Waals surface area contributed by atoms with Crippen LogP contribution in [0.2, 0.25) is 0 Å². The third kappa shape index (κ3) is 8.58. The lowest BCUT2D eigenvalue weighted by Gasteiger charge is -2.24. The van der Waals surface area contributed by atoms with Gasteiger partial charge in [0.15, 0.2) is 0 Å². The van der Waals surface area contributed by atoms with Crippen LogP contribution in [-0.4, -0.2) is 42.9 Å². The molecule has 19 heavy (non-hydrogen) atoms. The molecule has 0 saturated heterocycles. The van der Waals surface area contributed by atoms with Crippen LogP contribution in [0, 0.1) is 0 Å². The van der Waals surface area contributed by atoms with E-state index in [0.29, 0.717) is 0 Å². The number of carbonyl (C=O) groups excluding carboxylic acids is 4. The Morgan fingerprint density at radius 2 is 1.16 bits per heavy atom. The molecule has 0 aliphatic rings. The molecule has 0 bridgehead atoms. The van der Waals surface area contributed by atoms with Gasteiger partial charge < -0.3 is 18.9 Å². The molecule has 108 valence electrons. The number of ether oxygens (including phenoxy) is 4. The van der Waals surface area contributed by atoms with Gasteiger partial charge in [0.05, 0.1) is 0 Å². The predicted octanol–water partition coefficient (Wildman–Crippen LogP) is -0.0665. The normalized spacial score (nSPS) is 11.4. The summed E-state index contributed by atoms with van der Waals surface area (Å²) in [5.41, 5.74) is 0. The van der Waals surface area contributed by atoms with Crippen molar-refractivity contribution in [3.8, 4) is 0 Å². The fraction of sp³-hybridized carbons (Fsp3) is 0.636. The average Bonchev–Trinajstić information content (AvgIpc) is 2.21. The zero-order valence-corrected chi connectivity index (χ0v) is 11.1. The Hall–Kier alpha value is -2.12. The van der Waals surface area contributed by atoms with Crippen molar-refractivity contribution in [2.45, 2.75) is 40.1 Å². The summed E-state index contributed by atoms with van der Waals surface area (Å²) >= 11 is 0. The lowest BCUT2D eigenvalue weighted by atomic mass is 10.3. The van der Waals surface area contributed by atoms with E-state index in [-0.39, 0.29) is 0 Å². The minimum atomic E-state index is -1.47. The third-order valence-corrected chi connectivity index (χ3v) is 1.64. The molecular formula is C11H16O8. The molecule has 0 aromatic rings. The molecule has 0 aromatic carbocycles. The van der Waals surface area contributed by atoms with E-state index in [1.54, 1.807) is 0 Å². The highest BCUT2D eigenvalue weighted by atomic mass is 16.7. The molecule has 0 aliphatic heterocycles. The van der Waals surface area contributed by atoms with Crippen LogP contribution in [0.1, 0.15) is 27.7 Å². The lowest BCUT2D eigenvalue weighted by Crippen LogP contribution is -2.41. The molecule has 0 fully saturated rings. The molecule has 0 aromatic heterocycles. The van der Waals surface area contributed by atoms with Crippen LogP contribution < -0.4 is 0 Å². The smallest absolute Gasteiger partial charge is 0.305 e. The summed E-state index contributed by atoms with van der Waals surface area (Å²) in [6.45, 7) is 4.04. The molecule has 1 atom stereocenters. The second-order valence-electron chi connectivity index (χ2n) is 3.54. The van der Waals surface area contributed by atoms with Crippen LogP contribution >= 0.6 is 0 Å². The van der Waals surface area contributed by atoms with Gasteiger partial charge in [-0.1, -0.05) is 0 Å². The molecule has 0 radical (unpaired) electrons. The van der Waals surface area contributed by atoms with Gasteiger partial charge in [0.2, 0.25) is 6.10 Å². The van der Waals surface area contributed by atoms with Crippen molar-refractivity contribution in [2.24, 2.45) is 0 Å². The molecule has 0 N–H and O–H groups in total. The van der Waals surface area contributed by atoms with E-state index >= 15 is 0 Å². The Bertz CT molecular complexity index is 346. The van der Waals surface area contributed by atoms with Gasteiger partial charge in [0, 0.05) is 27.7 Å². The van der Waals surface area contributed by atoms with Crippen LogP contribution in [0.25, 0.3) is 0 Å². The lowest BCUT2D eigenvalue weighted by molar-refractivity contribution is -0.217. The quantitative estimate of drug-likeness (QED) is 0.377. The van der Waals surface area contributed by atoms with E-state index < -0.39 is 42.9 Å². The van der Waals surface area contributed by atoms with E-state index in [2.05, 4.69) is 4.74 Å². The topological polar surface area (TPSA) is 105 Å². The Kier molecular flexibility index (Phi) is 7.16. The van der Waals surface area contributed by atoms with E-state index in [1.807, 2.05) is 0 Å². The van der Waals surface area contributed by atoms with Crippen LogP contribution in [0.4, 0.5) is 0 Å². The molecular weight excluding hydrogens is 260 g/mol. The van der Waals surface area contributed by atoms with Crippen molar-refractivity contribution in [3.63, 3.8) is 0 Å². The summed E-state index contributed by atoms with van der Waals surface area (Å²) in [5.74, 6) is -2.82. The summed E-state index contributed by atoms with van der Waals surface area (Å²) in [7, 11) is 0. The second-order valence-corrected chi connectivity index (χ2v) is 3.54. The maximum Gasteiger partial charge on any atom is 0.305 e. The summed E-state index contributed by atoms with van der Waals surface area (Å²) in [6.07, 6.45) is -2.70. The first-order valence-corrected chi connectivity index (χ1v) is 5.37. The van der Waals surface area contributed by atoms with E-state index in [4.69, 9.17) is 14.2 Å². The number of carbonyl (C=O) groups is 4. The second kappa shape index (κ2) is 8.06. The Balaban J connectivity index is 4.85. The number of hydrogen-bond donors (Lipinski definition) is 0. The zero-order chi connectivity index (χ0) is 15.0. The molecule has 1 unspecified atom stereocenters. The SMILES string of the molecule is CC(=O)OCC(OC(C)=O)C(OC(C)=O)OC(C)=O. The van der Waals surface area contributed by atoms with Crippen molar-refractivity contribution >= 4 is 23.9 Å². The first-order chi connectivity index (χ1) is 8.72. The predicted molar refractivity (Wildman–Crippen MR) is 59.5 cm³/mol. The Labute approximate surface area is 109 Å². The molecule has 0 rings (SSSR count). The first-order valence-electron chi connectivity index (χ1n) is 5.37. The minimum absolute atomic E-state index is 0.403. The summed E-state index contributed by atoms with van der Waals surface area (Å²) in [4.78, 5) is 43.5. The maximum absolute atomic E-state index is 10.9. The first kappa shape index (κ1) is 16.9. The molecule has 8 nitrogen and oxygen atoms in total. The van der Waals surface area contributed by atoms with Gasteiger partial charge in [-0.3, -0.25) is 19.2 Å². The molecule has 0 saturated carbocycles. The van der Waals surface area contributed by atoms with Gasteiger partial charge >= 0.3 is 23.9 Å². The highest BCUT2D eigenvalue weighted by Gasteiger charge is 2.31. The van der Waals surface area contributed by atoms with Crippen LogP contribution in [0.15, 0.2) is 0 Å². The Morgan fingerprint density at radius 3 is 1.47 bits per heavy atom. The summed E-state index contributed by atoms with van der Waals surface area (Å²) in [6, 6.07) is 0. The summed E-state index contributed by atoms with van der Waals surface area (Å²) < 4.78 is 18.9. The van der Waals surface area contributed by atoms with Crippen LogP contribution in [0.3, 0.4) is 0 Å². The van der Waals surface area contributed by atoms with Crippen LogP contribution in [-0.2, 0) is 38.1 Å². The van der Waals surface area contributed by atoms with Crippen LogP contribution in [0.5, 0.6) is 0 Å². The molecule has 0 spiro atoms. The van der Waals surface area contributed by atoms with E-state index in [1.165, 1.54) is 0 Å². The number of hydrogen-bond acceptors (Lipinski definition) is 8. The van der Waals surface area contributed by atoms with Crippen molar-refractivity contribution in [1.82, 2.24) is 0 Å². The molecule has 0 heterocycles. The van der Waals surface area contributed by atoms with E-state index in [9.17, 15) is 19.2 Å². The van der Waals surface area contributed by atoms with Gasteiger partial charge in [0.25, 0.3) is 6.29 Å². The monoisotopic (exact) mass is 276 g/mol. The van der Waals surface area contributed by atoms with Crippen molar-refractivity contribution in [2.75, 3.05) is 6.61 Å². The zero-order valence-electron chi connectivity index (χ0n) is 11.1. The van der Waals surface area contributed by atoms with Gasteiger partial charge in [-0.15, -0.1) is 0 Å². The largest absolute Gasteiger partial charge is 0.462 e. The molecule has 0 amide bonds. The third-order valence-electron chi connectivity index (χ3n) is 1.64. The summed E-state index contributed by atoms with van der Waals surface area (Å²) in [5, 5.41) is 0. The maximum atomic E-state index is 10.9. The highest BCUT2D eigenvalue weighted by molar-refractivity contribution is 5.69. The van der Waals surface area contributed by atoms with Crippen molar-refractivity contribution in [3.05, 3.63) is 0 Å². The fourth-order valence-corrected chi connectivity index (χ4v) is 1.08. The number of esters is 4. The minimum Gasteiger partial charge on any atom is -0.462 e. The standard InChI is InChI=1S/C11H16O8/c1-6(12)16-5-10(17-7(2)13)11(18-8(3)14)19-9(4)15/h10-11H,5H2,1-4H3. The van der Waals surface area contributed by atoms with E-state index in [0.717, 1.165) is 27.7 Å². The molecule has 8 heteroatoms. The number of rotatable bonds is 6. The molecule has 0 aliphatic carbocycles.